The van der Waals surface area contributed by atoms with E-state index in [1.165, 1.54) is 6.07 Å². The number of aromatic nitrogens is 2. The predicted octanol–water partition coefficient (Wildman–Crippen LogP) is 3.04. The molecule has 4 aromatic rings. The van der Waals surface area contributed by atoms with Crippen molar-refractivity contribution in [3.63, 3.8) is 0 Å². The molecule has 2 N–H and O–H groups in total. The number of fused-ring (bicyclic) bond motifs is 2. The second-order valence-electron chi connectivity index (χ2n) is 5.22. The van der Waals surface area contributed by atoms with Crippen molar-refractivity contribution in [1.82, 2.24) is 9.97 Å². The molecule has 0 bridgehead atoms. The van der Waals surface area contributed by atoms with Gasteiger partial charge in [0.1, 0.15) is 0 Å². The Morgan fingerprint density at radius 1 is 0.682 bits per heavy atom. The van der Waals surface area contributed by atoms with Crippen LogP contribution in [0.4, 0.5) is 0 Å². The van der Waals surface area contributed by atoms with Gasteiger partial charge in [-0.25, -0.2) is 0 Å². The minimum absolute atomic E-state index is 0.123. The van der Waals surface area contributed by atoms with Crippen LogP contribution in [0.15, 0.2) is 70.3 Å². The van der Waals surface area contributed by atoms with E-state index >= 15 is 0 Å². The fourth-order valence-electron chi connectivity index (χ4n) is 2.68. The van der Waals surface area contributed by atoms with Crippen LogP contribution in [0.1, 0.15) is 0 Å². The SMILES string of the molecule is O=c1ccc2cc(-c3cc4ccccc4[nH]c3=O)ccc2[nH]1. The lowest BCUT2D eigenvalue weighted by molar-refractivity contribution is 1.30. The number of hydrogen-bond acceptors (Lipinski definition) is 2. The van der Waals surface area contributed by atoms with Gasteiger partial charge in [-0.05, 0) is 46.7 Å². The minimum Gasteiger partial charge on any atom is -0.322 e. The Kier molecular flexibility index (Phi) is 2.69. The molecular formula is C18H12N2O2. The van der Waals surface area contributed by atoms with Gasteiger partial charge in [0.15, 0.2) is 0 Å². The van der Waals surface area contributed by atoms with Gasteiger partial charge in [-0.3, -0.25) is 9.59 Å². The third kappa shape index (κ3) is 2.02. The summed E-state index contributed by atoms with van der Waals surface area (Å²) in [4.78, 5) is 29.3. The second kappa shape index (κ2) is 4.70. The molecule has 0 fully saturated rings. The number of pyridine rings is 2. The highest BCUT2D eigenvalue weighted by molar-refractivity contribution is 5.87. The monoisotopic (exact) mass is 288 g/mol. The van der Waals surface area contributed by atoms with Crippen molar-refractivity contribution in [2.75, 3.05) is 0 Å². The summed E-state index contributed by atoms with van der Waals surface area (Å²) in [5.41, 5.74) is 2.76. The fourth-order valence-corrected chi connectivity index (χ4v) is 2.68. The van der Waals surface area contributed by atoms with Gasteiger partial charge in [0.25, 0.3) is 5.56 Å². The molecule has 2 aromatic heterocycles. The number of para-hydroxylation sites is 1. The number of benzene rings is 2. The van der Waals surface area contributed by atoms with Gasteiger partial charge >= 0.3 is 0 Å². The van der Waals surface area contributed by atoms with E-state index in [0.717, 1.165) is 27.4 Å². The quantitative estimate of drug-likeness (QED) is 0.565. The number of aromatic amines is 2. The largest absolute Gasteiger partial charge is 0.322 e. The van der Waals surface area contributed by atoms with Gasteiger partial charge in [-0.15, -0.1) is 0 Å². The standard InChI is InChI=1S/C18H12N2O2/c21-17-8-6-13-9-11(5-7-16(13)19-17)14-10-12-3-1-2-4-15(12)20-18(14)22/h1-10H,(H,19,21)(H,20,22). The summed E-state index contributed by atoms with van der Waals surface area (Å²) in [6.07, 6.45) is 0. The van der Waals surface area contributed by atoms with Crippen molar-refractivity contribution in [3.8, 4) is 11.1 Å². The van der Waals surface area contributed by atoms with Crippen molar-refractivity contribution < 1.29 is 0 Å². The van der Waals surface area contributed by atoms with Gasteiger partial charge in [-0.1, -0.05) is 24.3 Å². The summed E-state index contributed by atoms with van der Waals surface area (Å²) < 4.78 is 0. The lowest BCUT2D eigenvalue weighted by Crippen LogP contribution is -2.08. The normalized spacial score (nSPS) is 11.1. The van der Waals surface area contributed by atoms with Gasteiger partial charge in [0, 0.05) is 22.7 Å². The van der Waals surface area contributed by atoms with Crippen LogP contribution in [-0.4, -0.2) is 9.97 Å². The van der Waals surface area contributed by atoms with Crippen LogP contribution in [0.5, 0.6) is 0 Å². The van der Waals surface area contributed by atoms with Crippen LogP contribution >= 0.6 is 0 Å². The first kappa shape index (κ1) is 12.6. The van der Waals surface area contributed by atoms with Crippen LogP contribution in [0.25, 0.3) is 32.9 Å². The van der Waals surface area contributed by atoms with Gasteiger partial charge in [0.05, 0.1) is 0 Å². The first-order valence-electron chi connectivity index (χ1n) is 6.96. The van der Waals surface area contributed by atoms with E-state index in [4.69, 9.17) is 0 Å². The van der Waals surface area contributed by atoms with E-state index in [1.807, 2.05) is 48.5 Å². The molecule has 4 nitrogen and oxygen atoms in total. The second-order valence-corrected chi connectivity index (χ2v) is 5.22. The molecule has 0 aliphatic heterocycles. The van der Waals surface area contributed by atoms with Gasteiger partial charge in [-0.2, -0.15) is 0 Å². The van der Waals surface area contributed by atoms with E-state index in [9.17, 15) is 9.59 Å². The number of H-pyrrole nitrogens is 2. The zero-order chi connectivity index (χ0) is 15.1. The predicted molar refractivity (Wildman–Crippen MR) is 88.1 cm³/mol. The van der Waals surface area contributed by atoms with Crippen molar-refractivity contribution >= 4 is 21.8 Å². The van der Waals surface area contributed by atoms with E-state index in [1.54, 1.807) is 6.07 Å². The molecule has 0 aliphatic carbocycles. The molecule has 0 amide bonds. The summed E-state index contributed by atoms with van der Waals surface area (Å²) in [5, 5.41) is 1.88. The van der Waals surface area contributed by atoms with E-state index < -0.39 is 0 Å². The number of hydrogen-bond donors (Lipinski definition) is 2. The van der Waals surface area contributed by atoms with Crippen LogP contribution in [0.3, 0.4) is 0 Å². The van der Waals surface area contributed by atoms with Crippen LogP contribution in [0, 0.1) is 0 Å². The lowest BCUT2D eigenvalue weighted by atomic mass is 10.0. The number of nitrogens with one attached hydrogen (secondary N) is 2. The third-order valence-corrected chi connectivity index (χ3v) is 3.79. The minimum atomic E-state index is -0.135. The Morgan fingerprint density at radius 3 is 2.36 bits per heavy atom. The summed E-state index contributed by atoms with van der Waals surface area (Å²) in [5.74, 6) is 0. The molecule has 2 heterocycles. The average Bonchev–Trinajstić information content (AvgIpc) is 2.54. The van der Waals surface area contributed by atoms with E-state index in [2.05, 4.69) is 9.97 Å². The molecule has 106 valence electrons. The van der Waals surface area contributed by atoms with E-state index in [0.29, 0.717) is 5.56 Å². The topological polar surface area (TPSA) is 65.7 Å². The van der Waals surface area contributed by atoms with Crippen LogP contribution < -0.4 is 11.1 Å². The maximum atomic E-state index is 12.3. The summed E-state index contributed by atoms with van der Waals surface area (Å²) in [7, 11) is 0. The highest BCUT2D eigenvalue weighted by atomic mass is 16.1. The highest BCUT2D eigenvalue weighted by Gasteiger charge is 2.06. The molecule has 0 saturated carbocycles. The Bertz CT molecular complexity index is 1120. The molecule has 0 saturated heterocycles. The molecule has 0 aliphatic rings. The summed E-state index contributed by atoms with van der Waals surface area (Å²) in [6, 6.07) is 18.4. The fraction of sp³-hybridized carbons (Fsp3) is 0. The van der Waals surface area contributed by atoms with Crippen molar-refractivity contribution in [1.29, 1.82) is 0 Å². The molecule has 0 spiro atoms. The molecule has 22 heavy (non-hydrogen) atoms. The zero-order valence-electron chi connectivity index (χ0n) is 11.6. The summed E-state index contributed by atoms with van der Waals surface area (Å²) >= 11 is 0. The Morgan fingerprint density at radius 2 is 1.45 bits per heavy atom. The zero-order valence-corrected chi connectivity index (χ0v) is 11.6. The van der Waals surface area contributed by atoms with Crippen LogP contribution in [-0.2, 0) is 0 Å². The van der Waals surface area contributed by atoms with Gasteiger partial charge in [0.2, 0.25) is 5.56 Å². The maximum absolute atomic E-state index is 12.3. The van der Waals surface area contributed by atoms with Crippen molar-refractivity contribution in [2.45, 2.75) is 0 Å². The highest BCUT2D eigenvalue weighted by Crippen LogP contribution is 2.22. The lowest BCUT2D eigenvalue weighted by Gasteiger charge is -2.05. The Hall–Kier alpha value is -3.14. The van der Waals surface area contributed by atoms with E-state index in [-0.39, 0.29) is 11.1 Å². The molecule has 4 heteroatoms. The smallest absolute Gasteiger partial charge is 0.256 e. The Balaban J connectivity index is 1.98. The molecule has 2 aromatic carbocycles. The summed E-state index contributed by atoms with van der Waals surface area (Å²) in [6.45, 7) is 0. The molecule has 4 rings (SSSR count). The molecule has 0 radical (unpaired) electrons. The first-order valence-corrected chi connectivity index (χ1v) is 6.96. The molecular weight excluding hydrogens is 276 g/mol. The van der Waals surface area contributed by atoms with Crippen LogP contribution in [0.2, 0.25) is 0 Å². The maximum Gasteiger partial charge on any atom is 0.256 e. The average molecular weight is 288 g/mol. The number of rotatable bonds is 1. The van der Waals surface area contributed by atoms with Crippen molar-refractivity contribution in [2.24, 2.45) is 0 Å². The third-order valence-electron chi connectivity index (χ3n) is 3.79. The van der Waals surface area contributed by atoms with Gasteiger partial charge < -0.3 is 9.97 Å². The van der Waals surface area contributed by atoms with Crippen molar-refractivity contribution in [3.05, 3.63) is 81.4 Å². The molecule has 0 unspecified atom stereocenters. The molecule has 0 atom stereocenters. The Labute approximate surface area is 125 Å². The first-order chi connectivity index (χ1) is 10.7.